The first-order valence-electron chi connectivity index (χ1n) is 21.1. The predicted molar refractivity (Wildman–Crippen MR) is 249 cm³/mol. The summed E-state index contributed by atoms with van der Waals surface area (Å²) < 4.78 is 2.48. The minimum atomic E-state index is -0.639. The molecule has 1 unspecified atom stereocenters. The normalized spacial score (nSPS) is 14.1. The van der Waals surface area contributed by atoms with E-state index < -0.39 is 5.41 Å². The standard InChI is InChI=1S/C52H32N4.2C2H6/c1-3-15-33(16-4-1)34-29-31-36(32-30-34)50-53-49(35-17-5-2-6-18-35)54-51(55-50)41-23-13-21-39-37-19-7-9-24-42(37)52(47(39)41)43-25-10-12-28-46(43)56-45-27-11-8-20-38(45)40-22-14-26-44(52)48(40)56;2*1-2/h1-32H;2*1-2H3. The van der Waals surface area contributed by atoms with Crippen molar-refractivity contribution in [2.75, 3.05) is 0 Å². The Labute approximate surface area is 351 Å². The number of nitrogens with zero attached hydrogens (tertiary/aromatic N) is 4. The van der Waals surface area contributed by atoms with E-state index in [2.05, 4.69) is 174 Å². The summed E-state index contributed by atoms with van der Waals surface area (Å²) in [6, 6.07) is 69.5. The lowest BCUT2D eigenvalue weighted by Crippen LogP contribution is -2.34. The Morgan fingerprint density at radius 3 is 1.58 bits per heavy atom. The first-order valence-corrected chi connectivity index (χ1v) is 21.1. The Kier molecular flexibility index (Phi) is 9.26. The van der Waals surface area contributed by atoms with Crippen LogP contribution in [0.25, 0.3) is 83.9 Å². The van der Waals surface area contributed by atoms with E-state index in [4.69, 9.17) is 15.0 Å². The van der Waals surface area contributed by atoms with Crippen LogP contribution in [0.4, 0.5) is 0 Å². The van der Waals surface area contributed by atoms with Crippen molar-refractivity contribution in [3.63, 3.8) is 0 Å². The molecule has 0 amide bonds. The summed E-state index contributed by atoms with van der Waals surface area (Å²) in [7, 11) is 0. The zero-order chi connectivity index (χ0) is 40.8. The van der Waals surface area contributed by atoms with Crippen molar-refractivity contribution in [1.82, 2.24) is 19.5 Å². The van der Waals surface area contributed by atoms with Gasteiger partial charge in [-0.3, -0.25) is 0 Å². The van der Waals surface area contributed by atoms with Crippen LogP contribution in [-0.2, 0) is 5.41 Å². The molecule has 1 aliphatic carbocycles. The zero-order valence-electron chi connectivity index (χ0n) is 34.3. The fourth-order valence-corrected chi connectivity index (χ4v) is 9.59. The van der Waals surface area contributed by atoms with Gasteiger partial charge in [0, 0.05) is 27.5 Å². The molecule has 12 rings (SSSR count). The van der Waals surface area contributed by atoms with Crippen LogP contribution in [0, 0.1) is 0 Å². The van der Waals surface area contributed by atoms with Gasteiger partial charge in [0.05, 0.1) is 22.1 Å². The third kappa shape index (κ3) is 5.41. The van der Waals surface area contributed by atoms with Crippen LogP contribution in [0.2, 0.25) is 0 Å². The van der Waals surface area contributed by atoms with Gasteiger partial charge >= 0.3 is 0 Å². The minimum absolute atomic E-state index is 0.639. The number of rotatable bonds is 4. The summed E-state index contributed by atoms with van der Waals surface area (Å²) in [5.74, 6) is 1.94. The largest absolute Gasteiger partial charge is 0.309 e. The van der Waals surface area contributed by atoms with Gasteiger partial charge in [-0.2, -0.15) is 0 Å². The monoisotopic (exact) mass is 772 g/mol. The van der Waals surface area contributed by atoms with E-state index in [1.807, 2.05) is 52.0 Å². The Morgan fingerprint density at radius 2 is 0.833 bits per heavy atom. The summed E-state index contributed by atoms with van der Waals surface area (Å²) in [6.45, 7) is 8.00. The maximum atomic E-state index is 5.38. The van der Waals surface area contributed by atoms with Gasteiger partial charge in [-0.1, -0.05) is 210 Å². The van der Waals surface area contributed by atoms with Crippen LogP contribution >= 0.6 is 0 Å². The Morgan fingerprint density at radius 1 is 0.350 bits per heavy atom. The van der Waals surface area contributed by atoms with Gasteiger partial charge in [0.15, 0.2) is 17.5 Å². The quantitative estimate of drug-likeness (QED) is 0.179. The lowest BCUT2D eigenvalue weighted by molar-refractivity contribution is 0.749. The summed E-state index contributed by atoms with van der Waals surface area (Å²) in [6.07, 6.45) is 0. The maximum Gasteiger partial charge on any atom is 0.164 e. The second kappa shape index (κ2) is 15.1. The van der Waals surface area contributed by atoms with E-state index in [9.17, 15) is 0 Å². The van der Waals surface area contributed by atoms with E-state index in [1.165, 1.54) is 66.4 Å². The van der Waals surface area contributed by atoms with Crippen molar-refractivity contribution in [2.45, 2.75) is 33.1 Å². The number of benzene rings is 8. The molecule has 1 aliphatic heterocycles. The molecule has 2 aliphatic rings. The summed E-state index contributed by atoms with van der Waals surface area (Å²) >= 11 is 0. The summed E-state index contributed by atoms with van der Waals surface area (Å²) in [5, 5.41) is 2.51. The molecule has 60 heavy (non-hydrogen) atoms. The van der Waals surface area contributed by atoms with Crippen molar-refractivity contribution in [2.24, 2.45) is 0 Å². The van der Waals surface area contributed by atoms with Gasteiger partial charge in [-0.05, 0) is 56.6 Å². The fraction of sp³-hybridized carbons (Fsp3) is 0.0893. The second-order valence-electron chi connectivity index (χ2n) is 14.7. The van der Waals surface area contributed by atoms with Gasteiger partial charge in [-0.15, -0.1) is 0 Å². The van der Waals surface area contributed by atoms with E-state index >= 15 is 0 Å². The maximum absolute atomic E-state index is 5.38. The average Bonchev–Trinajstić information content (AvgIpc) is 3.84. The van der Waals surface area contributed by atoms with Crippen LogP contribution < -0.4 is 0 Å². The van der Waals surface area contributed by atoms with Gasteiger partial charge in [-0.25, -0.2) is 15.0 Å². The molecule has 0 fully saturated rings. The molecule has 0 bridgehead atoms. The van der Waals surface area contributed by atoms with Gasteiger partial charge < -0.3 is 4.57 Å². The lowest BCUT2D eigenvalue weighted by atomic mass is 9.64. The van der Waals surface area contributed by atoms with Crippen LogP contribution in [0.15, 0.2) is 194 Å². The summed E-state index contributed by atoms with van der Waals surface area (Å²) in [5.41, 5.74) is 15.6. The molecule has 288 valence electrons. The molecule has 4 nitrogen and oxygen atoms in total. The lowest BCUT2D eigenvalue weighted by Gasteiger charge is -2.40. The van der Waals surface area contributed by atoms with Gasteiger partial charge in [0.25, 0.3) is 0 Å². The smallest absolute Gasteiger partial charge is 0.164 e. The van der Waals surface area contributed by atoms with Crippen molar-refractivity contribution >= 4 is 21.8 Å². The third-order valence-corrected chi connectivity index (χ3v) is 11.9. The topological polar surface area (TPSA) is 43.6 Å². The SMILES string of the molecule is CC.CC.c1ccc(-c2ccc(-c3nc(-c4ccccc4)nc(-c4cccc5c4C4(c6ccccc6-5)c5ccccc5-n5c6ccccc6c6cccc4c65)n3)cc2)cc1. The molecule has 0 saturated carbocycles. The zero-order valence-corrected chi connectivity index (χ0v) is 34.3. The molecule has 0 radical (unpaired) electrons. The number of aromatic nitrogens is 4. The third-order valence-electron chi connectivity index (χ3n) is 11.9. The highest BCUT2D eigenvalue weighted by atomic mass is 15.0. The Bertz CT molecular complexity index is 3180. The first-order chi connectivity index (χ1) is 29.8. The first kappa shape index (κ1) is 36.9. The predicted octanol–water partition coefficient (Wildman–Crippen LogP) is 14.4. The van der Waals surface area contributed by atoms with Crippen molar-refractivity contribution < 1.29 is 0 Å². The van der Waals surface area contributed by atoms with Crippen molar-refractivity contribution in [3.8, 4) is 62.1 Å². The Hall–Kier alpha value is -7.43. The van der Waals surface area contributed by atoms with Crippen LogP contribution in [0.1, 0.15) is 49.9 Å². The molecular formula is C56H44N4. The molecule has 0 N–H and O–H groups in total. The van der Waals surface area contributed by atoms with Crippen molar-refractivity contribution in [3.05, 3.63) is 216 Å². The second-order valence-corrected chi connectivity index (χ2v) is 14.7. The van der Waals surface area contributed by atoms with Crippen LogP contribution in [0.3, 0.4) is 0 Å². The summed E-state index contributed by atoms with van der Waals surface area (Å²) in [4.78, 5) is 15.9. The number of para-hydroxylation sites is 3. The highest BCUT2D eigenvalue weighted by Gasteiger charge is 2.52. The highest BCUT2D eigenvalue weighted by Crippen LogP contribution is 2.62. The molecule has 10 aromatic rings. The molecular weight excluding hydrogens is 729 g/mol. The minimum Gasteiger partial charge on any atom is -0.309 e. The van der Waals surface area contributed by atoms with Gasteiger partial charge in [0.2, 0.25) is 0 Å². The molecule has 2 aromatic heterocycles. The number of hydrogen-bond donors (Lipinski definition) is 0. The highest BCUT2D eigenvalue weighted by molar-refractivity contribution is 6.13. The molecule has 1 spiro atoms. The van der Waals surface area contributed by atoms with E-state index in [1.54, 1.807) is 0 Å². The van der Waals surface area contributed by atoms with Crippen LogP contribution in [-0.4, -0.2) is 19.5 Å². The average molecular weight is 773 g/mol. The van der Waals surface area contributed by atoms with Gasteiger partial charge in [0.1, 0.15) is 0 Å². The number of fused-ring (bicyclic) bond motifs is 12. The molecule has 4 heteroatoms. The fourth-order valence-electron chi connectivity index (χ4n) is 9.59. The molecule has 0 saturated heterocycles. The van der Waals surface area contributed by atoms with Crippen molar-refractivity contribution in [1.29, 1.82) is 0 Å². The van der Waals surface area contributed by atoms with E-state index in [0.717, 1.165) is 22.3 Å². The molecule has 1 atom stereocenters. The molecule has 3 heterocycles. The number of hydrogen-bond acceptors (Lipinski definition) is 3. The van der Waals surface area contributed by atoms with E-state index in [0.29, 0.717) is 17.5 Å². The van der Waals surface area contributed by atoms with E-state index in [-0.39, 0.29) is 0 Å². The Balaban J connectivity index is 0.00000105. The van der Waals surface area contributed by atoms with Crippen LogP contribution in [0.5, 0.6) is 0 Å². The molecule has 8 aromatic carbocycles.